The normalized spacial score (nSPS) is 15.1. The van der Waals surface area contributed by atoms with Crippen molar-refractivity contribution in [1.82, 2.24) is 14.4 Å². The van der Waals surface area contributed by atoms with Crippen molar-refractivity contribution in [2.45, 2.75) is 11.4 Å². The zero-order valence-corrected chi connectivity index (χ0v) is 18.7. The van der Waals surface area contributed by atoms with Gasteiger partial charge in [-0.05, 0) is 46.5 Å². The first-order valence-electron chi connectivity index (χ1n) is 10.5. The third kappa shape index (κ3) is 5.58. The fourth-order valence-corrected chi connectivity index (χ4v) is 4.88. The van der Waals surface area contributed by atoms with E-state index in [1.54, 1.807) is 24.3 Å². The average molecular weight is 468 g/mol. The van der Waals surface area contributed by atoms with Crippen LogP contribution in [0.4, 0.5) is 0 Å². The van der Waals surface area contributed by atoms with Crippen LogP contribution in [0.2, 0.25) is 0 Å². The second kappa shape index (κ2) is 10.1. The van der Waals surface area contributed by atoms with Crippen molar-refractivity contribution in [3.8, 4) is 11.1 Å². The standard InChI is InChI=1S/C24H25N3O5S/c28-24(25-29)9-6-20-10-11-27(18-20)33(30,31)23-3-1-2-22(16-23)21-7-4-19(5-8-21)17-26-12-14-32-15-13-26/h1-11,16,18,29H,12-15,17H2,(H,25,28). The summed E-state index contributed by atoms with van der Waals surface area (Å²) in [5, 5.41) is 8.55. The monoisotopic (exact) mass is 467 g/mol. The molecule has 8 nitrogen and oxygen atoms in total. The molecule has 4 rings (SSSR count). The quantitative estimate of drug-likeness (QED) is 0.315. The van der Waals surface area contributed by atoms with Crippen LogP contribution < -0.4 is 5.48 Å². The van der Waals surface area contributed by atoms with Crippen molar-refractivity contribution in [1.29, 1.82) is 0 Å². The van der Waals surface area contributed by atoms with Gasteiger partial charge in [0.2, 0.25) is 0 Å². The van der Waals surface area contributed by atoms with Crippen LogP contribution >= 0.6 is 0 Å². The highest BCUT2D eigenvalue weighted by molar-refractivity contribution is 7.90. The van der Waals surface area contributed by atoms with E-state index in [9.17, 15) is 13.2 Å². The largest absolute Gasteiger partial charge is 0.379 e. The molecule has 9 heteroatoms. The summed E-state index contributed by atoms with van der Waals surface area (Å²) in [5.41, 5.74) is 4.94. The van der Waals surface area contributed by atoms with Crippen LogP contribution in [0.3, 0.4) is 0 Å². The van der Waals surface area contributed by atoms with Crippen molar-refractivity contribution in [2.24, 2.45) is 0 Å². The van der Waals surface area contributed by atoms with Gasteiger partial charge in [0.1, 0.15) is 0 Å². The molecule has 1 aliphatic heterocycles. The van der Waals surface area contributed by atoms with Crippen molar-refractivity contribution < 1.29 is 23.2 Å². The van der Waals surface area contributed by atoms with Crippen molar-refractivity contribution >= 4 is 22.0 Å². The number of nitrogens with zero attached hydrogens (tertiary/aromatic N) is 2. The summed E-state index contributed by atoms with van der Waals surface area (Å²) >= 11 is 0. The highest BCUT2D eigenvalue weighted by Gasteiger charge is 2.17. The lowest BCUT2D eigenvalue weighted by Crippen LogP contribution is -2.35. The Balaban J connectivity index is 1.52. The minimum atomic E-state index is -3.81. The fourth-order valence-electron chi connectivity index (χ4n) is 3.63. The van der Waals surface area contributed by atoms with E-state index in [2.05, 4.69) is 17.0 Å². The van der Waals surface area contributed by atoms with Gasteiger partial charge in [0.05, 0.1) is 18.1 Å². The molecular weight excluding hydrogens is 442 g/mol. The van der Waals surface area contributed by atoms with Gasteiger partial charge in [0, 0.05) is 38.1 Å². The fraction of sp³-hybridized carbons (Fsp3) is 0.208. The van der Waals surface area contributed by atoms with Gasteiger partial charge in [-0.3, -0.25) is 14.9 Å². The van der Waals surface area contributed by atoms with E-state index in [1.165, 1.54) is 29.5 Å². The first-order valence-corrected chi connectivity index (χ1v) is 11.9. The second-order valence-corrected chi connectivity index (χ2v) is 9.55. The van der Waals surface area contributed by atoms with Gasteiger partial charge in [-0.2, -0.15) is 0 Å². The first-order chi connectivity index (χ1) is 16.0. The Bertz CT molecular complexity index is 1240. The molecule has 0 atom stereocenters. The Morgan fingerprint density at radius 1 is 1.06 bits per heavy atom. The van der Waals surface area contributed by atoms with Gasteiger partial charge < -0.3 is 4.74 Å². The van der Waals surface area contributed by atoms with Crippen LogP contribution in [0.5, 0.6) is 0 Å². The molecule has 172 valence electrons. The maximum Gasteiger partial charge on any atom is 0.267 e. The number of ether oxygens (including phenoxy) is 1. The van der Waals surface area contributed by atoms with Crippen molar-refractivity contribution in [3.05, 3.63) is 84.2 Å². The Labute approximate surface area is 192 Å². The number of carbonyl (C=O) groups is 1. The molecule has 1 saturated heterocycles. The molecule has 0 aliphatic carbocycles. The molecule has 0 saturated carbocycles. The number of benzene rings is 2. The summed E-state index contributed by atoms with van der Waals surface area (Å²) in [6.45, 7) is 4.23. The molecule has 1 fully saturated rings. The lowest BCUT2D eigenvalue weighted by molar-refractivity contribution is -0.124. The van der Waals surface area contributed by atoms with Crippen LogP contribution in [-0.4, -0.2) is 54.7 Å². The third-order valence-corrected chi connectivity index (χ3v) is 7.07. The van der Waals surface area contributed by atoms with E-state index in [0.29, 0.717) is 5.56 Å². The van der Waals surface area contributed by atoms with E-state index >= 15 is 0 Å². The first kappa shape index (κ1) is 22.9. The molecule has 0 unspecified atom stereocenters. The Morgan fingerprint density at radius 2 is 1.82 bits per heavy atom. The molecule has 1 aliphatic rings. The molecular formula is C24H25N3O5S. The number of hydrogen-bond acceptors (Lipinski definition) is 6. The molecule has 0 radical (unpaired) electrons. The van der Waals surface area contributed by atoms with E-state index in [1.807, 2.05) is 18.2 Å². The van der Waals surface area contributed by atoms with Gasteiger partial charge in [-0.25, -0.2) is 17.9 Å². The molecule has 33 heavy (non-hydrogen) atoms. The lowest BCUT2D eigenvalue weighted by Gasteiger charge is -2.26. The summed E-state index contributed by atoms with van der Waals surface area (Å²) in [4.78, 5) is 13.6. The van der Waals surface area contributed by atoms with Gasteiger partial charge in [-0.15, -0.1) is 0 Å². The summed E-state index contributed by atoms with van der Waals surface area (Å²) in [6.07, 6.45) is 5.34. The highest BCUT2D eigenvalue weighted by Crippen LogP contribution is 2.25. The zero-order valence-electron chi connectivity index (χ0n) is 17.9. The maximum absolute atomic E-state index is 13.1. The molecule has 2 heterocycles. The Hall–Kier alpha value is -3.24. The minimum Gasteiger partial charge on any atom is -0.379 e. The lowest BCUT2D eigenvalue weighted by atomic mass is 10.0. The molecule has 3 aromatic rings. The topological polar surface area (TPSA) is 101 Å². The molecule has 2 N–H and O–H groups in total. The average Bonchev–Trinajstić information content (AvgIpc) is 3.34. The van der Waals surface area contributed by atoms with Gasteiger partial charge in [0.25, 0.3) is 15.9 Å². The van der Waals surface area contributed by atoms with Crippen molar-refractivity contribution in [2.75, 3.05) is 26.3 Å². The summed E-state index contributed by atoms with van der Waals surface area (Å²) in [7, 11) is -3.81. The van der Waals surface area contributed by atoms with E-state index in [-0.39, 0.29) is 4.90 Å². The second-order valence-electron chi connectivity index (χ2n) is 7.70. The summed E-state index contributed by atoms with van der Waals surface area (Å²) in [5.74, 6) is -0.700. The third-order valence-electron chi connectivity index (χ3n) is 5.43. The van der Waals surface area contributed by atoms with E-state index in [0.717, 1.165) is 54.0 Å². The zero-order chi connectivity index (χ0) is 23.3. The molecule has 1 amide bonds. The van der Waals surface area contributed by atoms with Crippen LogP contribution in [0.15, 0.2) is 78.0 Å². The number of carbonyl (C=O) groups excluding carboxylic acids is 1. The van der Waals surface area contributed by atoms with Crippen LogP contribution in [0.25, 0.3) is 17.2 Å². The summed E-state index contributed by atoms with van der Waals surface area (Å²) < 4.78 is 32.7. The molecule has 0 spiro atoms. The smallest absolute Gasteiger partial charge is 0.267 e. The van der Waals surface area contributed by atoms with E-state index in [4.69, 9.17) is 9.94 Å². The van der Waals surface area contributed by atoms with Gasteiger partial charge in [-0.1, -0.05) is 36.4 Å². The van der Waals surface area contributed by atoms with Crippen LogP contribution in [-0.2, 0) is 26.1 Å². The van der Waals surface area contributed by atoms with Gasteiger partial charge >= 0.3 is 0 Å². The predicted molar refractivity (Wildman–Crippen MR) is 124 cm³/mol. The number of hydrogen-bond donors (Lipinski definition) is 2. The maximum atomic E-state index is 13.1. The number of rotatable bonds is 7. The number of morpholine rings is 1. The van der Waals surface area contributed by atoms with Gasteiger partial charge in [0.15, 0.2) is 0 Å². The SMILES string of the molecule is O=C(C=Cc1ccn(S(=O)(=O)c2cccc(-c3ccc(CN4CCOCC4)cc3)c2)c1)NO. The number of amides is 1. The Morgan fingerprint density at radius 3 is 2.55 bits per heavy atom. The highest BCUT2D eigenvalue weighted by atomic mass is 32.2. The number of aromatic nitrogens is 1. The number of hydroxylamine groups is 1. The molecule has 2 aromatic carbocycles. The van der Waals surface area contributed by atoms with Crippen LogP contribution in [0.1, 0.15) is 11.1 Å². The van der Waals surface area contributed by atoms with E-state index < -0.39 is 15.9 Å². The Kier molecular flexibility index (Phi) is 7.05. The van der Waals surface area contributed by atoms with Crippen molar-refractivity contribution in [3.63, 3.8) is 0 Å². The minimum absolute atomic E-state index is 0.164. The van der Waals surface area contributed by atoms with Crippen LogP contribution in [0, 0.1) is 0 Å². The molecule has 0 bridgehead atoms. The summed E-state index contributed by atoms with van der Waals surface area (Å²) in [6, 6.07) is 16.5. The predicted octanol–water partition coefficient (Wildman–Crippen LogP) is 2.74. The number of nitrogens with one attached hydrogen (secondary N) is 1. The molecule has 1 aromatic heterocycles.